The van der Waals surface area contributed by atoms with Crippen molar-refractivity contribution in [2.24, 2.45) is 11.8 Å². The van der Waals surface area contributed by atoms with Crippen molar-refractivity contribution in [2.75, 3.05) is 14.2 Å². The summed E-state index contributed by atoms with van der Waals surface area (Å²) in [5, 5.41) is 9.22. The zero-order valence-corrected chi connectivity index (χ0v) is 13.2. The minimum atomic E-state index is -0.977. The molecule has 1 aromatic carbocycles. The van der Waals surface area contributed by atoms with Gasteiger partial charge in [0.2, 0.25) is 0 Å². The van der Waals surface area contributed by atoms with E-state index in [1.54, 1.807) is 24.3 Å². The van der Waals surface area contributed by atoms with Gasteiger partial charge in [-0.15, -0.1) is 0 Å². The molecule has 1 aliphatic rings. The van der Waals surface area contributed by atoms with E-state index in [2.05, 4.69) is 0 Å². The molecule has 0 unspecified atom stereocenters. The van der Waals surface area contributed by atoms with E-state index in [0.29, 0.717) is 29.9 Å². The Hall–Kier alpha value is -2.50. The van der Waals surface area contributed by atoms with Gasteiger partial charge in [-0.05, 0) is 18.9 Å². The first-order valence-electron chi connectivity index (χ1n) is 7.32. The standard InChI is InChI=1S/C17H20O6/c1-21-14-9-5-6-11(15(14)22-2)10-23-17(20)13-8-4-3-7-12(13)16(18)19/h3-6,9,12-13H,7-8,10H2,1-2H3,(H,18,19)/t12-,13-/m0/s1. The molecule has 1 N–H and O–H groups in total. The molecule has 0 saturated heterocycles. The number of carbonyl (C=O) groups excluding carboxylic acids is 1. The first-order valence-corrected chi connectivity index (χ1v) is 7.32. The van der Waals surface area contributed by atoms with Crippen LogP contribution in [0.3, 0.4) is 0 Å². The molecule has 23 heavy (non-hydrogen) atoms. The SMILES string of the molecule is COc1cccc(COC(=O)[C@H]2CC=CC[C@@H]2C(=O)O)c1OC. The number of aliphatic carboxylic acids is 1. The predicted octanol–water partition coefficient (Wildman–Crippen LogP) is 2.41. The number of carboxylic acid groups (broad SMARTS) is 1. The molecule has 1 aromatic rings. The largest absolute Gasteiger partial charge is 0.493 e. The molecule has 6 nitrogen and oxygen atoms in total. The lowest BCUT2D eigenvalue weighted by atomic mass is 9.83. The Kier molecular flexibility index (Phi) is 5.62. The van der Waals surface area contributed by atoms with Gasteiger partial charge >= 0.3 is 11.9 Å². The Morgan fingerprint density at radius 3 is 2.43 bits per heavy atom. The first-order chi connectivity index (χ1) is 11.1. The quantitative estimate of drug-likeness (QED) is 0.640. The number of ether oxygens (including phenoxy) is 3. The van der Waals surface area contributed by atoms with Crippen molar-refractivity contribution in [2.45, 2.75) is 19.4 Å². The lowest BCUT2D eigenvalue weighted by Gasteiger charge is -2.23. The molecule has 0 fully saturated rings. The highest BCUT2D eigenvalue weighted by Crippen LogP contribution is 2.32. The number of esters is 1. The third kappa shape index (κ3) is 3.83. The summed E-state index contributed by atoms with van der Waals surface area (Å²) >= 11 is 0. The molecule has 0 aromatic heterocycles. The zero-order valence-electron chi connectivity index (χ0n) is 13.2. The molecular formula is C17H20O6. The lowest BCUT2D eigenvalue weighted by molar-refractivity contribution is -0.158. The van der Waals surface area contributed by atoms with Crippen LogP contribution >= 0.6 is 0 Å². The van der Waals surface area contributed by atoms with Gasteiger partial charge in [-0.2, -0.15) is 0 Å². The number of rotatable bonds is 6. The molecule has 0 heterocycles. The second-order valence-electron chi connectivity index (χ2n) is 5.25. The fourth-order valence-electron chi connectivity index (χ4n) is 2.67. The minimum absolute atomic E-state index is 0.00571. The molecule has 1 aliphatic carbocycles. The Labute approximate surface area is 134 Å². The molecule has 0 saturated carbocycles. The van der Waals surface area contributed by atoms with E-state index in [4.69, 9.17) is 14.2 Å². The maximum atomic E-state index is 12.2. The van der Waals surface area contributed by atoms with Crippen LogP contribution < -0.4 is 9.47 Å². The van der Waals surface area contributed by atoms with Gasteiger partial charge in [-0.1, -0.05) is 24.3 Å². The summed E-state index contributed by atoms with van der Waals surface area (Å²) in [6.07, 6.45) is 4.33. The van der Waals surface area contributed by atoms with Crippen LogP contribution in [0.4, 0.5) is 0 Å². The van der Waals surface area contributed by atoms with Crippen molar-refractivity contribution in [3.63, 3.8) is 0 Å². The number of hydrogen-bond donors (Lipinski definition) is 1. The Balaban J connectivity index is 2.07. The minimum Gasteiger partial charge on any atom is -0.493 e. The van der Waals surface area contributed by atoms with E-state index in [1.807, 2.05) is 6.08 Å². The highest BCUT2D eigenvalue weighted by Gasteiger charge is 2.35. The third-order valence-corrected chi connectivity index (χ3v) is 3.91. The third-order valence-electron chi connectivity index (χ3n) is 3.91. The molecule has 0 aliphatic heterocycles. The van der Waals surface area contributed by atoms with Gasteiger partial charge in [0.25, 0.3) is 0 Å². The molecule has 2 rings (SSSR count). The monoisotopic (exact) mass is 320 g/mol. The lowest BCUT2D eigenvalue weighted by Crippen LogP contribution is -2.32. The Bertz CT molecular complexity index is 607. The van der Waals surface area contributed by atoms with E-state index in [9.17, 15) is 14.7 Å². The normalized spacial score (nSPS) is 19.9. The predicted molar refractivity (Wildman–Crippen MR) is 82.3 cm³/mol. The number of benzene rings is 1. The molecule has 0 spiro atoms. The van der Waals surface area contributed by atoms with Crippen LogP contribution in [0.25, 0.3) is 0 Å². The number of para-hydroxylation sites is 1. The average Bonchev–Trinajstić information content (AvgIpc) is 2.58. The van der Waals surface area contributed by atoms with Gasteiger partial charge in [0.1, 0.15) is 6.61 Å². The van der Waals surface area contributed by atoms with E-state index >= 15 is 0 Å². The van der Waals surface area contributed by atoms with E-state index < -0.39 is 23.8 Å². The summed E-state index contributed by atoms with van der Waals surface area (Å²) in [4.78, 5) is 23.5. The van der Waals surface area contributed by atoms with Crippen molar-refractivity contribution < 1.29 is 28.9 Å². The topological polar surface area (TPSA) is 82.1 Å². The fourth-order valence-corrected chi connectivity index (χ4v) is 2.67. The van der Waals surface area contributed by atoms with Gasteiger partial charge in [-0.3, -0.25) is 9.59 Å². The van der Waals surface area contributed by atoms with Crippen LogP contribution in [0.5, 0.6) is 11.5 Å². The molecule has 6 heteroatoms. The average molecular weight is 320 g/mol. The summed E-state index contributed by atoms with van der Waals surface area (Å²) in [5.41, 5.74) is 0.665. The van der Waals surface area contributed by atoms with Crippen LogP contribution in [-0.4, -0.2) is 31.3 Å². The van der Waals surface area contributed by atoms with Crippen LogP contribution in [0.2, 0.25) is 0 Å². The van der Waals surface area contributed by atoms with Gasteiger partial charge in [0.15, 0.2) is 11.5 Å². The van der Waals surface area contributed by atoms with Gasteiger partial charge in [0, 0.05) is 5.56 Å². The van der Waals surface area contributed by atoms with Crippen molar-refractivity contribution in [3.8, 4) is 11.5 Å². The van der Waals surface area contributed by atoms with Crippen molar-refractivity contribution in [1.29, 1.82) is 0 Å². The van der Waals surface area contributed by atoms with Crippen LogP contribution in [0.1, 0.15) is 18.4 Å². The number of methoxy groups -OCH3 is 2. The highest BCUT2D eigenvalue weighted by molar-refractivity contribution is 5.81. The Morgan fingerprint density at radius 2 is 1.83 bits per heavy atom. The zero-order chi connectivity index (χ0) is 16.8. The first kappa shape index (κ1) is 16.9. The van der Waals surface area contributed by atoms with Crippen molar-refractivity contribution in [1.82, 2.24) is 0 Å². The molecule has 2 atom stereocenters. The van der Waals surface area contributed by atoms with Crippen LogP contribution in [-0.2, 0) is 20.9 Å². The van der Waals surface area contributed by atoms with Gasteiger partial charge < -0.3 is 19.3 Å². The summed E-state index contributed by atoms with van der Waals surface area (Å²) < 4.78 is 15.8. The highest BCUT2D eigenvalue weighted by atomic mass is 16.5. The second-order valence-corrected chi connectivity index (χ2v) is 5.25. The molecule has 124 valence electrons. The number of allylic oxidation sites excluding steroid dienone is 2. The summed E-state index contributed by atoms with van der Waals surface area (Å²) in [7, 11) is 3.04. The fraction of sp³-hybridized carbons (Fsp3) is 0.412. The Morgan fingerprint density at radius 1 is 1.13 bits per heavy atom. The number of hydrogen-bond acceptors (Lipinski definition) is 5. The van der Waals surface area contributed by atoms with E-state index in [0.717, 1.165) is 0 Å². The maximum absolute atomic E-state index is 12.2. The summed E-state index contributed by atoms with van der Waals surface area (Å²) in [6, 6.07) is 5.29. The maximum Gasteiger partial charge on any atom is 0.310 e. The molecule has 0 amide bonds. The van der Waals surface area contributed by atoms with Gasteiger partial charge in [0.05, 0.1) is 26.1 Å². The van der Waals surface area contributed by atoms with Crippen LogP contribution in [0, 0.1) is 11.8 Å². The second kappa shape index (κ2) is 7.67. The van der Waals surface area contributed by atoms with Crippen molar-refractivity contribution in [3.05, 3.63) is 35.9 Å². The molecule has 0 bridgehead atoms. The van der Waals surface area contributed by atoms with Gasteiger partial charge in [-0.25, -0.2) is 0 Å². The smallest absolute Gasteiger partial charge is 0.310 e. The number of carboxylic acids is 1. The van der Waals surface area contributed by atoms with Crippen LogP contribution in [0.15, 0.2) is 30.4 Å². The van der Waals surface area contributed by atoms with E-state index in [-0.39, 0.29) is 6.61 Å². The molecular weight excluding hydrogens is 300 g/mol. The van der Waals surface area contributed by atoms with Crippen molar-refractivity contribution >= 4 is 11.9 Å². The summed E-state index contributed by atoms with van der Waals surface area (Å²) in [5.74, 6) is -1.83. The summed E-state index contributed by atoms with van der Waals surface area (Å²) in [6.45, 7) is 0.00571. The number of carbonyl (C=O) groups is 2. The molecule has 0 radical (unpaired) electrons. The van der Waals surface area contributed by atoms with E-state index in [1.165, 1.54) is 14.2 Å².